The molecule has 1 aromatic heterocycles. The summed E-state index contributed by atoms with van der Waals surface area (Å²) in [6.07, 6.45) is 1.61. The van der Waals surface area contributed by atoms with Gasteiger partial charge in [0, 0.05) is 5.02 Å². The van der Waals surface area contributed by atoms with E-state index in [1.54, 1.807) is 6.07 Å². The summed E-state index contributed by atoms with van der Waals surface area (Å²) in [4.78, 5) is 12.2. The van der Waals surface area contributed by atoms with Gasteiger partial charge in [-0.3, -0.25) is 10.1 Å². The van der Waals surface area contributed by atoms with Gasteiger partial charge in [0.2, 0.25) is 5.91 Å². The van der Waals surface area contributed by atoms with Crippen LogP contribution in [-0.2, 0) is 10.2 Å². The SMILES string of the molecule is O=C(Nc1nn[nH]n1)C1(c2cccc(Cl)c2)CC1. The number of nitrogens with one attached hydrogen (secondary N) is 2. The van der Waals surface area contributed by atoms with Crippen LogP contribution >= 0.6 is 11.6 Å². The minimum Gasteiger partial charge on any atom is -0.291 e. The van der Waals surface area contributed by atoms with E-state index in [0.717, 1.165) is 18.4 Å². The molecule has 0 saturated heterocycles. The Hall–Kier alpha value is -1.95. The van der Waals surface area contributed by atoms with Gasteiger partial charge in [0.05, 0.1) is 5.41 Å². The van der Waals surface area contributed by atoms with Gasteiger partial charge in [0.15, 0.2) is 0 Å². The number of carbonyl (C=O) groups excluding carboxylic acids is 1. The fourth-order valence-electron chi connectivity index (χ4n) is 1.99. The van der Waals surface area contributed by atoms with E-state index in [2.05, 4.69) is 25.9 Å². The molecule has 2 N–H and O–H groups in total. The molecule has 1 aliphatic carbocycles. The van der Waals surface area contributed by atoms with Crippen LogP contribution < -0.4 is 5.32 Å². The highest BCUT2D eigenvalue weighted by molar-refractivity contribution is 6.30. The Balaban J connectivity index is 1.85. The number of aromatic amines is 1. The predicted octanol–water partition coefficient (Wildman–Crippen LogP) is 1.52. The average Bonchev–Trinajstić information content (AvgIpc) is 3.03. The Morgan fingerprint density at radius 3 is 2.89 bits per heavy atom. The minimum atomic E-state index is -0.495. The van der Waals surface area contributed by atoms with Crippen LogP contribution in [0, 0.1) is 0 Å². The molecular formula is C11H10ClN5O. The number of halogens is 1. The van der Waals surface area contributed by atoms with Gasteiger partial charge in [0.25, 0.3) is 5.95 Å². The van der Waals surface area contributed by atoms with Gasteiger partial charge in [0.1, 0.15) is 0 Å². The number of anilines is 1. The molecule has 0 spiro atoms. The second-order valence-electron chi connectivity index (χ2n) is 4.28. The highest BCUT2D eigenvalue weighted by Crippen LogP contribution is 2.49. The molecule has 92 valence electrons. The van der Waals surface area contributed by atoms with E-state index in [1.807, 2.05) is 18.2 Å². The zero-order chi connectivity index (χ0) is 12.6. The number of H-pyrrole nitrogens is 1. The maximum atomic E-state index is 12.2. The molecule has 1 amide bonds. The number of benzene rings is 1. The summed E-state index contributed by atoms with van der Waals surface area (Å²) in [6, 6.07) is 7.37. The van der Waals surface area contributed by atoms with Crippen molar-refractivity contribution in [3.63, 3.8) is 0 Å². The standard InChI is InChI=1S/C11H10ClN5O/c12-8-3-1-2-7(6-8)11(4-5-11)9(18)13-10-14-16-17-15-10/h1-3,6H,4-5H2,(H2,13,14,15,16,17,18). The van der Waals surface area contributed by atoms with Gasteiger partial charge in [-0.2, -0.15) is 5.21 Å². The molecule has 1 aliphatic rings. The number of rotatable bonds is 3. The molecule has 6 nitrogen and oxygen atoms in total. The van der Waals surface area contributed by atoms with Crippen LogP contribution in [0.1, 0.15) is 18.4 Å². The fraction of sp³-hybridized carbons (Fsp3) is 0.273. The molecule has 7 heteroatoms. The summed E-state index contributed by atoms with van der Waals surface area (Å²) >= 11 is 5.95. The van der Waals surface area contributed by atoms with Crippen molar-refractivity contribution in [1.82, 2.24) is 20.6 Å². The van der Waals surface area contributed by atoms with E-state index in [-0.39, 0.29) is 11.9 Å². The first kappa shape index (κ1) is 11.2. The van der Waals surface area contributed by atoms with Crippen LogP contribution in [-0.4, -0.2) is 26.5 Å². The molecular weight excluding hydrogens is 254 g/mol. The van der Waals surface area contributed by atoms with Crippen LogP contribution in [0.25, 0.3) is 0 Å². The maximum absolute atomic E-state index is 12.2. The zero-order valence-corrected chi connectivity index (χ0v) is 10.1. The van der Waals surface area contributed by atoms with Gasteiger partial charge in [-0.1, -0.05) is 28.8 Å². The Labute approximate surface area is 108 Å². The second-order valence-corrected chi connectivity index (χ2v) is 4.72. The molecule has 0 radical (unpaired) electrons. The van der Waals surface area contributed by atoms with Crippen molar-refractivity contribution in [2.75, 3.05) is 5.32 Å². The van der Waals surface area contributed by atoms with E-state index >= 15 is 0 Å². The third-order valence-electron chi connectivity index (χ3n) is 3.13. The number of nitrogens with zero attached hydrogens (tertiary/aromatic N) is 3. The topological polar surface area (TPSA) is 83.6 Å². The van der Waals surface area contributed by atoms with Gasteiger partial charge >= 0.3 is 0 Å². The van der Waals surface area contributed by atoms with Crippen molar-refractivity contribution in [2.45, 2.75) is 18.3 Å². The largest absolute Gasteiger partial charge is 0.291 e. The van der Waals surface area contributed by atoms with Gasteiger partial charge < -0.3 is 0 Å². The first-order valence-corrected chi connectivity index (χ1v) is 5.89. The van der Waals surface area contributed by atoms with Gasteiger partial charge in [-0.15, -0.1) is 5.10 Å². The number of tetrazole rings is 1. The van der Waals surface area contributed by atoms with Crippen molar-refractivity contribution in [1.29, 1.82) is 0 Å². The molecule has 0 aliphatic heterocycles. The summed E-state index contributed by atoms with van der Waals surface area (Å²) in [7, 11) is 0. The Morgan fingerprint density at radius 1 is 1.44 bits per heavy atom. The quantitative estimate of drug-likeness (QED) is 0.879. The fourth-order valence-corrected chi connectivity index (χ4v) is 2.18. The molecule has 1 saturated carbocycles. The van der Waals surface area contributed by atoms with E-state index in [1.165, 1.54) is 0 Å². The summed E-state index contributed by atoms with van der Waals surface area (Å²) in [5.74, 6) is 0.0690. The first-order valence-electron chi connectivity index (χ1n) is 5.52. The summed E-state index contributed by atoms with van der Waals surface area (Å²) in [5.41, 5.74) is 0.432. The highest BCUT2D eigenvalue weighted by atomic mass is 35.5. The van der Waals surface area contributed by atoms with E-state index in [4.69, 9.17) is 11.6 Å². The Morgan fingerprint density at radius 2 is 2.28 bits per heavy atom. The van der Waals surface area contributed by atoms with Gasteiger partial charge in [-0.25, -0.2) is 0 Å². The monoisotopic (exact) mass is 263 g/mol. The molecule has 0 unspecified atom stereocenters. The van der Waals surface area contributed by atoms with Crippen LogP contribution in [0.4, 0.5) is 5.95 Å². The molecule has 1 aromatic carbocycles. The Kier molecular flexibility index (Phi) is 2.52. The molecule has 18 heavy (non-hydrogen) atoms. The summed E-state index contributed by atoms with van der Waals surface area (Å²) < 4.78 is 0. The second kappa shape index (κ2) is 4.06. The lowest BCUT2D eigenvalue weighted by Gasteiger charge is -2.14. The molecule has 1 fully saturated rings. The van der Waals surface area contributed by atoms with Crippen LogP contribution in [0.5, 0.6) is 0 Å². The van der Waals surface area contributed by atoms with Gasteiger partial charge in [-0.05, 0) is 35.8 Å². The van der Waals surface area contributed by atoms with Crippen molar-refractivity contribution >= 4 is 23.5 Å². The van der Waals surface area contributed by atoms with E-state index in [0.29, 0.717) is 5.02 Å². The molecule has 3 rings (SSSR count). The van der Waals surface area contributed by atoms with Crippen LogP contribution in [0.2, 0.25) is 5.02 Å². The predicted molar refractivity (Wildman–Crippen MR) is 65.2 cm³/mol. The van der Waals surface area contributed by atoms with E-state index < -0.39 is 5.41 Å². The summed E-state index contributed by atoms with van der Waals surface area (Å²) in [6.45, 7) is 0. The third-order valence-corrected chi connectivity index (χ3v) is 3.37. The Bertz CT molecular complexity index is 579. The normalized spacial score (nSPS) is 16.3. The van der Waals surface area contributed by atoms with Crippen molar-refractivity contribution in [2.24, 2.45) is 0 Å². The third kappa shape index (κ3) is 1.84. The first-order chi connectivity index (χ1) is 8.71. The van der Waals surface area contributed by atoms with E-state index in [9.17, 15) is 4.79 Å². The molecule has 0 bridgehead atoms. The van der Waals surface area contributed by atoms with Crippen molar-refractivity contribution in [3.05, 3.63) is 34.9 Å². The number of hydrogen-bond donors (Lipinski definition) is 2. The lowest BCUT2D eigenvalue weighted by molar-refractivity contribution is -0.118. The lowest BCUT2D eigenvalue weighted by Crippen LogP contribution is -2.28. The zero-order valence-electron chi connectivity index (χ0n) is 9.35. The number of carbonyl (C=O) groups is 1. The smallest absolute Gasteiger partial charge is 0.269 e. The molecule has 1 heterocycles. The van der Waals surface area contributed by atoms with Crippen LogP contribution in [0.3, 0.4) is 0 Å². The van der Waals surface area contributed by atoms with Crippen LogP contribution in [0.15, 0.2) is 24.3 Å². The maximum Gasteiger partial charge on any atom is 0.269 e. The number of amides is 1. The highest BCUT2D eigenvalue weighted by Gasteiger charge is 2.51. The number of hydrogen-bond acceptors (Lipinski definition) is 4. The minimum absolute atomic E-state index is 0.119. The summed E-state index contributed by atoms with van der Waals surface area (Å²) in [5, 5.41) is 16.4. The average molecular weight is 264 g/mol. The molecule has 0 atom stereocenters. The molecule has 2 aromatic rings. The van der Waals surface area contributed by atoms with Crippen molar-refractivity contribution in [3.8, 4) is 0 Å². The van der Waals surface area contributed by atoms with Crippen molar-refractivity contribution < 1.29 is 4.79 Å². The number of aromatic nitrogens is 4. The lowest BCUT2D eigenvalue weighted by atomic mass is 9.95.